The lowest BCUT2D eigenvalue weighted by atomic mass is 10.1. The van der Waals surface area contributed by atoms with E-state index >= 15 is 0 Å². The summed E-state index contributed by atoms with van der Waals surface area (Å²) in [7, 11) is 0. The molecule has 28 heavy (non-hydrogen) atoms. The van der Waals surface area contributed by atoms with E-state index in [0.29, 0.717) is 22.7 Å². The van der Waals surface area contributed by atoms with Crippen LogP contribution in [0.5, 0.6) is 0 Å². The minimum absolute atomic E-state index is 0.110. The second kappa shape index (κ2) is 9.06. The van der Waals surface area contributed by atoms with Gasteiger partial charge in [-0.1, -0.05) is 49.4 Å². The van der Waals surface area contributed by atoms with Gasteiger partial charge in [-0.3, -0.25) is 14.2 Å². The molecule has 146 valence electrons. The maximum Gasteiger partial charge on any atom is 0.316 e. The third-order valence-electron chi connectivity index (χ3n) is 4.64. The average molecular weight is 397 g/mol. The Balaban J connectivity index is 2.04. The van der Waals surface area contributed by atoms with Gasteiger partial charge in [0, 0.05) is 0 Å². The molecule has 0 unspecified atom stereocenters. The van der Waals surface area contributed by atoms with Gasteiger partial charge >= 0.3 is 5.97 Å². The number of carbonyl (C=O) groups is 1. The summed E-state index contributed by atoms with van der Waals surface area (Å²) < 4.78 is 6.84. The molecule has 2 aromatic carbocycles. The lowest BCUT2D eigenvalue weighted by molar-refractivity contribution is -0.140. The molecule has 0 bridgehead atoms. The van der Waals surface area contributed by atoms with Crippen LogP contribution in [0.25, 0.3) is 16.6 Å². The Bertz CT molecular complexity index is 1060. The molecule has 0 saturated carbocycles. The van der Waals surface area contributed by atoms with Gasteiger partial charge in [-0.2, -0.15) is 0 Å². The van der Waals surface area contributed by atoms with E-state index in [9.17, 15) is 9.59 Å². The van der Waals surface area contributed by atoms with Crippen LogP contribution in [0.4, 0.5) is 0 Å². The van der Waals surface area contributed by atoms with Crippen molar-refractivity contribution in [1.82, 2.24) is 9.55 Å². The van der Waals surface area contributed by atoms with Crippen molar-refractivity contribution in [2.75, 3.05) is 12.4 Å². The highest BCUT2D eigenvalue weighted by atomic mass is 32.2. The van der Waals surface area contributed by atoms with Gasteiger partial charge in [0.2, 0.25) is 0 Å². The maximum absolute atomic E-state index is 13.3. The standard InChI is InChI=1S/C22H24N2O3S/c1-4-5-13-27-20(25)14-28-22-23-18-11-7-6-10-17(18)21(26)24(22)19-12-8-9-15(2)16(19)3/h6-12H,4-5,13-14H2,1-3H3. The smallest absolute Gasteiger partial charge is 0.316 e. The number of nitrogens with zero attached hydrogens (tertiary/aromatic N) is 2. The third kappa shape index (κ3) is 4.28. The molecule has 3 aromatic rings. The predicted octanol–water partition coefficient (Wildman–Crippen LogP) is 4.44. The first kappa shape index (κ1) is 20.1. The summed E-state index contributed by atoms with van der Waals surface area (Å²) in [5, 5.41) is 1.04. The van der Waals surface area contributed by atoms with Gasteiger partial charge in [-0.25, -0.2) is 4.98 Å². The van der Waals surface area contributed by atoms with Crippen LogP contribution >= 0.6 is 11.8 Å². The molecular formula is C22H24N2O3S. The van der Waals surface area contributed by atoms with Crippen LogP contribution in [0.15, 0.2) is 52.4 Å². The number of carbonyl (C=O) groups excluding carboxylic acids is 1. The van der Waals surface area contributed by atoms with Crippen molar-refractivity contribution < 1.29 is 9.53 Å². The van der Waals surface area contributed by atoms with Gasteiger partial charge in [0.05, 0.1) is 29.0 Å². The van der Waals surface area contributed by atoms with Crippen LogP contribution in [-0.4, -0.2) is 27.9 Å². The van der Waals surface area contributed by atoms with E-state index in [4.69, 9.17) is 4.74 Å². The summed E-state index contributed by atoms with van der Waals surface area (Å²) in [5.74, 6) is -0.187. The molecule has 0 amide bonds. The first-order valence-corrected chi connectivity index (χ1v) is 10.4. The molecule has 0 fully saturated rings. The van der Waals surface area contributed by atoms with Crippen molar-refractivity contribution in [3.63, 3.8) is 0 Å². The number of benzene rings is 2. The molecule has 0 aliphatic rings. The molecule has 0 atom stereocenters. The summed E-state index contributed by atoms with van der Waals surface area (Å²) in [4.78, 5) is 30.0. The molecule has 0 N–H and O–H groups in total. The first-order valence-electron chi connectivity index (χ1n) is 9.39. The fourth-order valence-corrected chi connectivity index (χ4v) is 3.70. The zero-order chi connectivity index (χ0) is 20.1. The quantitative estimate of drug-likeness (QED) is 0.256. The van der Waals surface area contributed by atoms with Crippen LogP contribution in [0.1, 0.15) is 30.9 Å². The normalized spacial score (nSPS) is 11.0. The number of hydrogen-bond acceptors (Lipinski definition) is 5. The number of fused-ring (bicyclic) bond motifs is 1. The number of para-hydroxylation sites is 1. The minimum atomic E-state index is -0.298. The Labute approximate surface area is 168 Å². The topological polar surface area (TPSA) is 61.2 Å². The lowest BCUT2D eigenvalue weighted by Crippen LogP contribution is -2.23. The number of esters is 1. The zero-order valence-corrected chi connectivity index (χ0v) is 17.2. The van der Waals surface area contributed by atoms with E-state index < -0.39 is 0 Å². The minimum Gasteiger partial charge on any atom is -0.465 e. The first-order chi connectivity index (χ1) is 13.5. The van der Waals surface area contributed by atoms with Gasteiger partial charge in [0.25, 0.3) is 5.56 Å². The second-order valence-electron chi connectivity index (χ2n) is 6.63. The molecule has 5 nitrogen and oxygen atoms in total. The Hall–Kier alpha value is -2.60. The monoisotopic (exact) mass is 396 g/mol. The molecule has 1 heterocycles. The fraction of sp³-hybridized carbons (Fsp3) is 0.318. The van der Waals surface area contributed by atoms with E-state index in [-0.39, 0.29) is 17.3 Å². The summed E-state index contributed by atoms with van der Waals surface area (Å²) in [6.07, 6.45) is 1.82. The molecule has 0 aliphatic carbocycles. The third-order valence-corrected chi connectivity index (χ3v) is 5.55. The van der Waals surface area contributed by atoms with Crippen molar-refractivity contribution in [2.45, 2.75) is 38.8 Å². The molecule has 0 aliphatic heterocycles. The fourth-order valence-electron chi connectivity index (χ4n) is 2.89. The molecule has 3 rings (SSSR count). The molecule has 1 aromatic heterocycles. The summed E-state index contributed by atoms with van der Waals surface area (Å²) in [6.45, 7) is 6.46. The van der Waals surface area contributed by atoms with Crippen molar-refractivity contribution >= 4 is 28.6 Å². The number of rotatable bonds is 7. The van der Waals surface area contributed by atoms with Crippen LogP contribution < -0.4 is 5.56 Å². The van der Waals surface area contributed by atoms with Gasteiger partial charge in [0.1, 0.15) is 0 Å². The largest absolute Gasteiger partial charge is 0.465 e. The number of thioether (sulfide) groups is 1. The van der Waals surface area contributed by atoms with Gasteiger partial charge in [-0.15, -0.1) is 0 Å². The highest BCUT2D eigenvalue weighted by Crippen LogP contribution is 2.24. The number of aryl methyl sites for hydroxylation is 1. The van der Waals surface area contributed by atoms with Gasteiger partial charge in [-0.05, 0) is 49.6 Å². The highest BCUT2D eigenvalue weighted by Gasteiger charge is 2.16. The van der Waals surface area contributed by atoms with Gasteiger partial charge < -0.3 is 4.74 Å². The van der Waals surface area contributed by atoms with E-state index in [1.165, 1.54) is 11.8 Å². The Morgan fingerprint density at radius 3 is 2.71 bits per heavy atom. The molecular weight excluding hydrogens is 372 g/mol. The van der Waals surface area contributed by atoms with Crippen molar-refractivity contribution in [3.8, 4) is 5.69 Å². The Morgan fingerprint density at radius 2 is 1.93 bits per heavy atom. The number of unbranched alkanes of at least 4 members (excludes halogenated alkanes) is 1. The molecule has 0 saturated heterocycles. The van der Waals surface area contributed by atoms with Crippen molar-refractivity contribution in [1.29, 1.82) is 0 Å². The van der Waals surface area contributed by atoms with E-state index in [1.807, 2.05) is 57.2 Å². The summed E-state index contributed by atoms with van der Waals surface area (Å²) in [6, 6.07) is 13.1. The number of ether oxygens (including phenoxy) is 1. The highest BCUT2D eigenvalue weighted by molar-refractivity contribution is 7.99. The van der Waals surface area contributed by atoms with Crippen molar-refractivity contribution in [3.05, 3.63) is 63.9 Å². The number of hydrogen-bond donors (Lipinski definition) is 0. The SMILES string of the molecule is CCCCOC(=O)CSc1nc2ccccc2c(=O)n1-c1cccc(C)c1C. The van der Waals surface area contributed by atoms with Crippen LogP contribution in [0.2, 0.25) is 0 Å². The second-order valence-corrected chi connectivity index (χ2v) is 7.58. The molecule has 6 heteroatoms. The average Bonchev–Trinajstić information content (AvgIpc) is 2.69. The van der Waals surface area contributed by atoms with Gasteiger partial charge in [0.15, 0.2) is 5.16 Å². The van der Waals surface area contributed by atoms with E-state index in [0.717, 1.165) is 29.7 Å². The van der Waals surface area contributed by atoms with Crippen LogP contribution in [0.3, 0.4) is 0 Å². The molecule has 0 spiro atoms. The maximum atomic E-state index is 13.3. The summed E-state index contributed by atoms with van der Waals surface area (Å²) >= 11 is 1.23. The lowest BCUT2D eigenvalue weighted by Gasteiger charge is -2.16. The zero-order valence-electron chi connectivity index (χ0n) is 16.4. The Kier molecular flexibility index (Phi) is 6.52. The summed E-state index contributed by atoms with van der Waals surface area (Å²) in [5.41, 5.74) is 3.36. The molecule has 0 radical (unpaired) electrons. The van der Waals surface area contributed by atoms with Crippen LogP contribution in [-0.2, 0) is 9.53 Å². The Morgan fingerprint density at radius 1 is 1.14 bits per heavy atom. The van der Waals surface area contributed by atoms with E-state index in [1.54, 1.807) is 10.6 Å². The van der Waals surface area contributed by atoms with Crippen LogP contribution in [0, 0.1) is 13.8 Å². The van der Waals surface area contributed by atoms with Crippen molar-refractivity contribution in [2.24, 2.45) is 0 Å². The predicted molar refractivity (Wildman–Crippen MR) is 113 cm³/mol. The number of aromatic nitrogens is 2. The van der Waals surface area contributed by atoms with E-state index in [2.05, 4.69) is 4.98 Å².